The van der Waals surface area contributed by atoms with E-state index in [4.69, 9.17) is 0 Å². The number of nitro benzene ring substituents is 1. The van der Waals surface area contributed by atoms with Crippen LogP contribution in [-0.2, 0) is 0 Å². The molecule has 0 aliphatic carbocycles. The van der Waals surface area contributed by atoms with E-state index in [1.807, 2.05) is 10.7 Å². The van der Waals surface area contributed by atoms with Gasteiger partial charge in [-0.15, -0.1) is 0 Å². The Labute approximate surface area is 136 Å². The van der Waals surface area contributed by atoms with Crippen LogP contribution in [-0.4, -0.2) is 38.2 Å². The van der Waals surface area contributed by atoms with E-state index in [1.54, 1.807) is 12.1 Å². The number of non-ortho nitro benzene ring substituents is 1. The summed E-state index contributed by atoms with van der Waals surface area (Å²) in [4.78, 5) is 13.3. The molecule has 1 fully saturated rings. The molecule has 6 nitrogen and oxygen atoms in total. The highest BCUT2D eigenvalue weighted by Gasteiger charge is 2.37. The van der Waals surface area contributed by atoms with Crippen molar-refractivity contribution in [2.45, 2.75) is 32.4 Å². The van der Waals surface area contributed by atoms with Crippen LogP contribution in [0.5, 0.6) is 0 Å². The number of aromatic nitrogens is 2. The summed E-state index contributed by atoms with van der Waals surface area (Å²) >= 11 is 2.15. The van der Waals surface area contributed by atoms with Crippen LogP contribution >= 0.6 is 22.6 Å². The molecule has 0 bridgehead atoms. The number of hydrogen-bond donors (Lipinski definition) is 0. The van der Waals surface area contributed by atoms with E-state index < -0.39 is 0 Å². The van der Waals surface area contributed by atoms with Gasteiger partial charge in [0, 0.05) is 30.1 Å². The molecule has 3 rings (SSSR count). The molecular weight excluding hydrogens is 383 g/mol. The Bertz CT molecular complexity index is 714. The van der Waals surface area contributed by atoms with Gasteiger partial charge in [-0.05, 0) is 49.4 Å². The first-order chi connectivity index (χ1) is 9.79. The highest BCUT2D eigenvalue weighted by molar-refractivity contribution is 14.1. The quantitative estimate of drug-likeness (QED) is 0.441. The molecule has 0 spiro atoms. The van der Waals surface area contributed by atoms with Crippen molar-refractivity contribution in [2.75, 3.05) is 13.1 Å². The van der Waals surface area contributed by atoms with E-state index in [2.05, 4.69) is 53.4 Å². The lowest BCUT2D eigenvalue weighted by Crippen LogP contribution is -2.56. The molecule has 0 saturated carbocycles. The minimum Gasteiger partial charge on any atom is -0.294 e. The molecule has 1 aromatic heterocycles. The zero-order chi connectivity index (χ0) is 15.4. The summed E-state index contributed by atoms with van der Waals surface area (Å²) in [6, 6.07) is 5.37. The van der Waals surface area contributed by atoms with Crippen molar-refractivity contribution in [3.63, 3.8) is 0 Å². The normalized spacial score (nSPS) is 17.1. The van der Waals surface area contributed by atoms with Gasteiger partial charge in [0.2, 0.25) is 0 Å². The van der Waals surface area contributed by atoms with Gasteiger partial charge < -0.3 is 0 Å². The SMILES string of the molecule is CC(C)(C)N1CC(n2nc(I)c3cccc([N+](=O)[O-])c32)C1. The van der Waals surface area contributed by atoms with Gasteiger partial charge >= 0.3 is 0 Å². The monoisotopic (exact) mass is 400 g/mol. The van der Waals surface area contributed by atoms with E-state index in [0.717, 1.165) is 22.2 Å². The van der Waals surface area contributed by atoms with Gasteiger partial charge in [0.15, 0.2) is 0 Å². The molecule has 0 atom stereocenters. The molecule has 7 heteroatoms. The van der Waals surface area contributed by atoms with Crippen molar-refractivity contribution in [1.29, 1.82) is 0 Å². The Balaban J connectivity index is 2.03. The molecule has 112 valence electrons. The highest BCUT2D eigenvalue weighted by Crippen LogP contribution is 2.35. The number of hydrogen-bond acceptors (Lipinski definition) is 4. The molecule has 2 aromatic rings. The summed E-state index contributed by atoms with van der Waals surface area (Å²) < 4.78 is 2.66. The molecular formula is C14H17IN4O2. The maximum atomic E-state index is 11.3. The van der Waals surface area contributed by atoms with Crippen LogP contribution < -0.4 is 0 Å². The maximum absolute atomic E-state index is 11.3. The lowest BCUT2D eigenvalue weighted by molar-refractivity contribution is -0.383. The second kappa shape index (κ2) is 4.91. The van der Waals surface area contributed by atoms with Gasteiger partial charge in [0.1, 0.15) is 9.22 Å². The summed E-state index contributed by atoms with van der Waals surface area (Å²) in [5.41, 5.74) is 0.904. The van der Waals surface area contributed by atoms with Gasteiger partial charge in [-0.2, -0.15) is 5.10 Å². The topological polar surface area (TPSA) is 64.2 Å². The third kappa shape index (κ3) is 2.42. The minimum absolute atomic E-state index is 0.124. The predicted molar refractivity (Wildman–Crippen MR) is 89.5 cm³/mol. The van der Waals surface area contributed by atoms with Crippen LogP contribution in [0, 0.1) is 13.8 Å². The summed E-state index contributed by atoms with van der Waals surface area (Å²) in [7, 11) is 0. The number of rotatable bonds is 2. The highest BCUT2D eigenvalue weighted by atomic mass is 127. The van der Waals surface area contributed by atoms with Crippen LogP contribution in [0.15, 0.2) is 18.2 Å². The van der Waals surface area contributed by atoms with E-state index >= 15 is 0 Å². The fraction of sp³-hybridized carbons (Fsp3) is 0.500. The smallest absolute Gasteiger partial charge is 0.294 e. The molecule has 1 aromatic carbocycles. The number of likely N-dealkylation sites (tertiary alicyclic amines) is 1. The third-order valence-electron chi connectivity index (χ3n) is 4.02. The maximum Gasteiger partial charge on any atom is 0.295 e. The average Bonchev–Trinajstić information content (AvgIpc) is 2.63. The van der Waals surface area contributed by atoms with Gasteiger partial charge in [-0.1, -0.05) is 6.07 Å². The van der Waals surface area contributed by atoms with Crippen molar-refractivity contribution in [3.05, 3.63) is 32.0 Å². The Morgan fingerprint density at radius 2 is 2.05 bits per heavy atom. The Kier molecular flexibility index (Phi) is 3.44. The van der Waals surface area contributed by atoms with E-state index in [9.17, 15) is 10.1 Å². The number of nitrogens with zero attached hydrogens (tertiary/aromatic N) is 4. The summed E-state index contributed by atoms with van der Waals surface area (Å²) in [6.45, 7) is 8.29. The van der Waals surface area contributed by atoms with Gasteiger partial charge in [-0.25, -0.2) is 0 Å². The molecule has 21 heavy (non-hydrogen) atoms. The van der Waals surface area contributed by atoms with Gasteiger partial charge in [-0.3, -0.25) is 19.7 Å². The van der Waals surface area contributed by atoms with Gasteiger partial charge in [0.05, 0.1) is 11.0 Å². The molecule has 0 radical (unpaired) electrons. The van der Waals surface area contributed by atoms with E-state index in [-0.39, 0.29) is 22.2 Å². The summed E-state index contributed by atoms with van der Waals surface area (Å²) in [6.07, 6.45) is 0. The fourth-order valence-corrected chi connectivity index (χ4v) is 3.37. The number of benzene rings is 1. The third-order valence-corrected chi connectivity index (χ3v) is 4.81. The summed E-state index contributed by atoms with van der Waals surface area (Å²) in [5.74, 6) is 0. The van der Waals surface area contributed by atoms with Crippen LogP contribution in [0.1, 0.15) is 26.8 Å². The molecule has 1 aliphatic heterocycles. The number of halogens is 1. The predicted octanol–water partition coefficient (Wildman–Crippen LogP) is 3.20. The van der Waals surface area contributed by atoms with E-state index in [1.165, 1.54) is 0 Å². The van der Waals surface area contributed by atoms with E-state index in [0.29, 0.717) is 5.52 Å². The first-order valence-electron chi connectivity index (χ1n) is 6.85. The molecule has 0 amide bonds. The Hall–Kier alpha value is -1.22. The van der Waals surface area contributed by atoms with Crippen molar-refractivity contribution < 1.29 is 4.92 Å². The second-order valence-electron chi connectivity index (χ2n) is 6.40. The number of nitro groups is 1. The lowest BCUT2D eigenvalue weighted by Gasteiger charge is -2.47. The van der Waals surface area contributed by atoms with Crippen LogP contribution in [0.4, 0.5) is 5.69 Å². The molecule has 1 aliphatic rings. The Morgan fingerprint density at radius 1 is 1.38 bits per heavy atom. The van der Waals surface area contributed by atoms with Crippen LogP contribution in [0.2, 0.25) is 0 Å². The summed E-state index contributed by atoms with van der Waals surface area (Å²) in [5, 5.41) is 16.7. The zero-order valence-electron chi connectivity index (χ0n) is 12.2. The Morgan fingerprint density at radius 3 is 2.62 bits per heavy atom. The largest absolute Gasteiger partial charge is 0.295 e. The molecule has 2 heterocycles. The lowest BCUT2D eigenvalue weighted by atomic mass is 9.97. The molecule has 0 unspecified atom stereocenters. The van der Waals surface area contributed by atoms with Crippen molar-refractivity contribution in [1.82, 2.24) is 14.7 Å². The second-order valence-corrected chi connectivity index (χ2v) is 7.42. The number of para-hydroxylation sites is 1. The number of fused-ring (bicyclic) bond motifs is 1. The van der Waals surface area contributed by atoms with Crippen LogP contribution in [0.25, 0.3) is 10.9 Å². The first kappa shape index (κ1) is 14.7. The molecule has 0 N–H and O–H groups in total. The standard InChI is InChI=1S/C14H17IN4O2/c1-14(2,3)17-7-9(8-17)18-12-10(13(15)16-18)5-4-6-11(12)19(20)21/h4-6,9H,7-8H2,1-3H3. The van der Waals surface area contributed by atoms with Crippen LogP contribution in [0.3, 0.4) is 0 Å². The zero-order valence-corrected chi connectivity index (χ0v) is 14.4. The van der Waals surface area contributed by atoms with Crippen molar-refractivity contribution >= 4 is 39.2 Å². The average molecular weight is 400 g/mol. The minimum atomic E-state index is -0.323. The fourth-order valence-electron chi connectivity index (χ4n) is 2.71. The molecule has 1 saturated heterocycles. The van der Waals surface area contributed by atoms with Crippen molar-refractivity contribution in [2.24, 2.45) is 0 Å². The van der Waals surface area contributed by atoms with Crippen molar-refractivity contribution in [3.8, 4) is 0 Å². The van der Waals surface area contributed by atoms with Gasteiger partial charge in [0.25, 0.3) is 5.69 Å². The first-order valence-corrected chi connectivity index (χ1v) is 7.93.